The molecule has 2 fully saturated rings. The van der Waals surface area contributed by atoms with Crippen LogP contribution in [0, 0.1) is 17.8 Å². The lowest BCUT2D eigenvalue weighted by atomic mass is 9.93. The highest BCUT2D eigenvalue weighted by molar-refractivity contribution is 4.96. The molecule has 20 heavy (non-hydrogen) atoms. The molecule has 3 atom stereocenters. The van der Waals surface area contributed by atoms with Crippen LogP contribution in [0.4, 0.5) is 0 Å². The molecule has 1 saturated carbocycles. The predicted molar refractivity (Wildman–Crippen MR) is 88.0 cm³/mol. The Balaban J connectivity index is 1.91. The molecule has 1 heterocycles. The van der Waals surface area contributed by atoms with Crippen molar-refractivity contribution in [3.63, 3.8) is 0 Å². The predicted octanol–water partition coefficient (Wildman–Crippen LogP) is 3.91. The standard InChI is InChI=1S/C18H36N2/c1-5-7-8-15(6-2)12-20-13-17(14(3)4)19-11-18(20)16-9-10-16/h14-19H,5-13H2,1-4H3. The minimum atomic E-state index is 0.702. The topological polar surface area (TPSA) is 15.3 Å². The van der Waals surface area contributed by atoms with Gasteiger partial charge in [-0.15, -0.1) is 0 Å². The van der Waals surface area contributed by atoms with Crippen LogP contribution < -0.4 is 5.32 Å². The van der Waals surface area contributed by atoms with Crippen LogP contribution in [0.25, 0.3) is 0 Å². The summed E-state index contributed by atoms with van der Waals surface area (Å²) < 4.78 is 0. The van der Waals surface area contributed by atoms with Crippen LogP contribution in [0.3, 0.4) is 0 Å². The summed E-state index contributed by atoms with van der Waals surface area (Å²) in [6.07, 6.45) is 8.49. The lowest BCUT2D eigenvalue weighted by Gasteiger charge is -2.43. The first-order valence-corrected chi connectivity index (χ1v) is 9.13. The molecular formula is C18H36N2. The maximum Gasteiger partial charge on any atom is 0.0249 e. The summed E-state index contributed by atoms with van der Waals surface area (Å²) in [4.78, 5) is 2.86. The Kier molecular flexibility index (Phi) is 6.35. The molecule has 0 amide bonds. The number of hydrogen-bond donors (Lipinski definition) is 1. The summed E-state index contributed by atoms with van der Waals surface area (Å²) in [5.41, 5.74) is 0. The second-order valence-electron chi connectivity index (χ2n) is 7.53. The van der Waals surface area contributed by atoms with Crippen molar-refractivity contribution in [1.29, 1.82) is 0 Å². The maximum atomic E-state index is 3.81. The fourth-order valence-electron chi connectivity index (χ4n) is 3.71. The Hall–Kier alpha value is -0.0800. The zero-order valence-electron chi connectivity index (χ0n) is 14.2. The van der Waals surface area contributed by atoms with Gasteiger partial charge in [0.2, 0.25) is 0 Å². The summed E-state index contributed by atoms with van der Waals surface area (Å²) in [5.74, 6) is 2.68. The number of hydrogen-bond acceptors (Lipinski definition) is 2. The molecule has 2 aliphatic rings. The molecule has 1 N–H and O–H groups in total. The van der Waals surface area contributed by atoms with Crippen molar-refractivity contribution in [1.82, 2.24) is 10.2 Å². The summed E-state index contributed by atoms with van der Waals surface area (Å²) in [5, 5.41) is 3.81. The van der Waals surface area contributed by atoms with Crippen LogP contribution in [-0.2, 0) is 0 Å². The average molecular weight is 281 g/mol. The smallest absolute Gasteiger partial charge is 0.0249 e. The molecule has 1 aliphatic carbocycles. The van der Waals surface area contributed by atoms with Crippen LogP contribution in [0.15, 0.2) is 0 Å². The van der Waals surface area contributed by atoms with Gasteiger partial charge in [-0.3, -0.25) is 4.90 Å². The van der Waals surface area contributed by atoms with Crippen molar-refractivity contribution >= 4 is 0 Å². The molecule has 0 bridgehead atoms. The fraction of sp³-hybridized carbons (Fsp3) is 1.00. The largest absolute Gasteiger partial charge is 0.311 e. The Morgan fingerprint density at radius 2 is 1.95 bits per heavy atom. The van der Waals surface area contributed by atoms with Crippen LogP contribution in [0.1, 0.15) is 66.2 Å². The van der Waals surface area contributed by atoms with Crippen LogP contribution >= 0.6 is 0 Å². The van der Waals surface area contributed by atoms with Crippen molar-refractivity contribution in [2.75, 3.05) is 19.6 Å². The van der Waals surface area contributed by atoms with E-state index >= 15 is 0 Å². The van der Waals surface area contributed by atoms with E-state index in [0.717, 1.165) is 23.8 Å². The van der Waals surface area contributed by atoms with E-state index in [9.17, 15) is 0 Å². The highest BCUT2D eigenvalue weighted by atomic mass is 15.2. The van der Waals surface area contributed by atoms with Gasteiger partial charge in [-0.2, -0.15) is 0 Å². The first kappa shape index (κ1) is 16.3. The number of piperazine rings is 1. The third-order valence-electron chi connectivity index (χ3n) is 5.50. The van der Waals surface area contributed by atoms with E-state index in [2.05, 4.69) is 37.9 Å². The number of unbranched alkanes of at least 4 members (excludes halogenated alkanes) is 1. The van der Waals surface area contributed by atoms with Gasteiger partial charge in [-0.1, -0.05) is 47.0 Å². The quantitative estimate of drug-likeness (QED) is 0.725. The van der Waals surface area contributed by atoms with Crippen molar-refractivity contribution < 1.29 is 0 Å². The van der Waals surface area contributed by atoms with Gasteiger partial charge < -0.3 is 5.32 Å². The third-order valence-corrected chi connectivity index (χ3v) is 5.50. The van der Waals surface area contributed by atoms with Crippen LogP contribution in [-0.4, -0.2) is 36.6 Å². The number of nitrogens with one attached hydrogen (secondary N) is 1. The summed E-state index contributed by atoms with van der Waals surface area (Å²) in [7, 11) is 0. The van der Waals surface area contributed by atoms with E-state index in [-0.39, 0.29) is 0 Å². The van der Waals surface area contributed by atoms with Gasteiger partial charge in [-0.05, 0) is 37.0 Å². The Morgan fingerprint density at radius 3 is 2.50 bits per heavy atom. The van der Waals surface area contributed by atoms with Gasteiger partial charge in [0.15, 0.2) is 0 Å². The van der Waals surface area contributed by atoms with Crippen molar-refractivity contribution in [2.45, 2.75) is 78.3 Å². The zero-order chi connectivity index (χ0) is 14.5. The lowest BCUT2D eigenvalue weighted by molar-refractivity contribution is 0.0801. The summed E-state index contributed by atoms with van der Waals surface area (Å²) >= 11 is 0. The molecular weight excluding hydrogens is 244 g/mol. The molecule has 1 saturated heterocycles. The molecule has 0 aromatic heterocycles. The van der Waals surface area contributed by atoms with E-state index in [4.69, 9.17) is 0 Å². The van der Waals surface area contributed by atoms with E-state index in [1.54, 1.807) is 0 Å². The number of rotatable bonds is 8. The van der Waals surface area contributed by atoms with Gasteiger partial charge in [0.05, 0.1) is 0 Å². The van der Waals surface area contributed by atoms with Crippen LogP contribution in [0.2, 0.25) is 0 Å². The Morgan fingerprint density at radius 1 is 1.20 bits per heavy atom. The molecule has 0 aromatic rings. The molecule has 0 radical (unpaired) electrons. The van der Waals surface area contributed by atoms with E-state index < -0.39 is 0 Å². The minimum absolute atomic E-state index is 0.702. The second kappa shape index (κ2) is 7.79. The van der Waals surface area contributed by atoms with E-state index in [1.807, 2.05) is 0 Å². The highest BCUT2D eigenvalue weighted by Crippen LogP contribution is 2.37. The van der Waals surface area contributed by atoms with Gasteiger partial charge in [0.1, 0.15) is 0 Å². The molecule has 1 aliphatic heterocycles. The molecule has 2 nitrogen and oxygen atoms in total. The Labute approximate surface area is 126 Å². The van der Waals surface area contributed by atoms with E-state index in [1.165, 1.54) is 58.2 Å². The molecule has 118 valence electrons. The molecule has 0 spiro atoms. The normalized spacial score (nSPS) is 29.9. The van der Waals surface area contributed by atoms with Crippen molar-refractivity contribution in [2.24, 2.45) is 17.8 Å². The van der Waals surface area contributed by atoms with Crippen molar-refractivity contribution in [3.05, 3.63) is 0 Å². The third kappa shape index (κ3) is 4.46. The minimum Gasteiger partial charge on any atom is -0.311 e. The maximum absolute atomic E-state index is 3.81. The lowest BCUT2D eigenvalue weighted by Crippen LogP contribution is -2.59. The highest BCUT2D eigenvalue weighted by Gasteiger charge is 2.39. The summed E-state index contributed by atoms with van der Waals surface area (Å²) in [6.45, 7) is 13.3. The first-order valence-electron chi connectivity index (χ1n) is 9.13. The zero-order valence-corrected chi connectivity index (χ0v) is 14.2. The van der Waals surface area contributed by atoms with E-state index in [0.29, 0.717) is 6.04 Å². The summed E-state index contributed by atoms with van der Waals surface area (Å²) in [6, 6.07) is 1.54. The SMILES string of the molecule is CCCCC(CC)CN1CC(C(C)C)NCC1C1CC1. The molecule has 2 rings (SSSR count). The van der Waals surface area contributed by atoms with Gasteiger partial charge in [0.25, 0.3) is 0 Å². The molecule has 3 unspecified atom stereocenters. The fourth-order valence-corrected chi connectivity index (χ4v) is 3.71. The Bertz CT molecular complexity index is 273. The second-order valence-corrected chi connectivity index (χ2v) is 7.53. The average Bonchev–Trinajstić information content (AvgIpc) is 3.27. The monoisotopic (exact) mass is 280 g/mol. The van der Waals surface area contributed by atoms with Gasteiger partial charge in [0, 0.05) is 31.7 Å². The number of nitrogens with zero attached hydrogens (tertiary/aromatic N) is 1. The first-order chi connectivity index (χ1) is 9.65. The van der Waals surface area contributed by atoms with Gasteiger partial charge >= 0.3 is 0 Å². The molecule has 2 heteroatoms. The van der Waals surface area contributed by atoms with Crippen LogP contribution in [0.5, 0.6) is 0 Å². The van der Waals surface area contributed by atoms with Gasteiger partial charge in [-0.25, -0.2) is 0 Å². The molecule has 0 aromatic carbocycles. The van der Waals surface area contributed by atoms with Crippen molar-refractivity contribution in [3.8, 4) is 0 Å².